The Morgan fingerprint density at radius 2 is 2.33 bits per heavy atom. The summed E-state index contributed by atoms with van der Waals surface area (Å²) in [5.41, 5.74) is -0.251. The fourth-order valence-corrected chi connectivity index (χ4v) is 4.14. The van der Waals surface area contributed by atoms with Crippen LogP contribution in [0.3, 0.4) is 0 Å². The number of nitrogens with zero attached hydrogens (tertiary/aromatic N) is 3. The molecular formula is C17H27N3O4. The third-order valence-corrected chi connectivity index (χ3v) is 5.54. The number of aromatic nitrogens is 2. The maximum absolute atomic E-state index is 12.8. The van der Waals surface area contributed by atoms with Gasteiger partial charge in [0.2, 0.25) is 5.91 Å². The van der Waals surface area contributed by atoms with Crippen molar-refractivity contribution in [3.63, 3.8) is 0 Å². The summed E-state index contributed by atoms with van der Waals surface area (Å²) in [6.45, 7) is 3.30. The van der Waals surface area contributed by atoms with Crippen LogP contribution < -0.4 is 0 Å². The number of aliphatic hydroxyl groups is 1. The minimum Gasteiger partial charge on any atom is -0.394 e. The van der Waals surface area contributed by atoms with Gasteiger partial charge in [-0.05, 0) is 32.6 Å². The van der Waals surface area contributed by atoms with Crippen molar-refractivity contribution in [2.75, 3.05) is 26.9 Å². The van der Waals surface area contributed by atoms with Gasteiger partial charge in [-0.3, -0.25) is 4.79 Å². The van der Waals surface area contributed by atoms with Crippen LogP contribution in [0.1, 0.15) is 31.5 Å². The number of hydrogen-bond acceptors (Lipinski definition) is 5. The summed E-state index contributed by atoms with van der Waals surface area (Å²) in [5.74, 6) is 0.941. The first-order chi connectivity index (χ1) is 11.6. The van der Waals surface area contributed by atoms with Crippen LogP contribution in [0.2, 0.25) is 0 Å². The molecule has 0 bridgehead atoms. The number of carbonyl (C=O) groups excluding carboxylic acids is 1. The summed E-state index contributed by atoms with van der Waals surface area (Å²) in [7, 11) is 1.75. The lowest BCUT2D eigenvalue weighted by Gasteiger charge is -2.43. The number of methoxy groups -OCH3 is 1. The highest BCUT2D eigenvalue weighted by Gasteiger charge is 2.52. The molecule has 7 nitrogen and oxygen atoms in total. The summed E-state index contributed by atoms with van der Waals surface area (Å²) in [6, 6.07) is 0.0382. The Labute approximate surface area is 142 Å². The molecule has 1 aromatic heterocycles. The largest absolute Gasteiger partial charge is 0.394 e. The average Bonchev–Trinajstić information content (AvgIpc) is 3.17. The molecule has 0 aromatic carbocycles. The first kappa shape index (κ1) is 17.4. The van der Waals surface area contributed by atoms with E-state index in [1.165, 1.54) is 0 Å². The van der Waals surface area contributed by atoms with Crippen LogP contribution in [0.5, 0.6) is 0 Å². The standard InChI is InChI=1S/C17H27N3O4/c1-13-18-6-8-19(13)12-16(22)20-7-5-17(23-2)4-3-14(11-15(17)20)24-10-9-21/h6,8,14-15,21H,3-5,7,9-12H2,1-2H3/t14-,15-,17+/m0/s1. The number of amides is 1. The highest BCUT2D eigenvalue weighted by Crippen LogP contribution is 2.43. The molecule has 1 aliphatic carbocycles. The second-order valence-corrected chi connectivity index (χ2v) is 6.71. The molecule has 1 amide bonds. The van der Waals surface area contributed by atoms with Gasteiger partial charge in [0, 0.05) is 26.0 Å². The van der Waals surface area contributed by atoms with E-state index in [2.05, 4.69) is 4.98 Å². The van der Waals surface area contributed by atoms with E-state index in [0.717, 1.165) is 38.1 Å². The highest BCUT2D eigenvalue weighted by atomic mass is 16.5. The Kier molecular flexibility index (Phi) is 5.22. The molecule has 7 heteroatoms. The van der Waals surface area contributed by atoms with E-state index >= 15 is 0 Å². The lowest BCUT2D eigenvalue weighted by molar-refractivity contribution is -0.142. The van der Waals surface area contributed by atoms with Crippen molar-refractivity contribution < 1.29 is 19.4 Å². The van der Waals surface area contributed by atoms with Crippen LogP contribution in [-0.4, -0.2) is 70.1 Å². The van der Waals surface area contributed by atoms with Gasteiger partial charge >= 0.3 is 0 Å². The van der Waals surface area contributed by atoms with Gasteiger partial charge in [0.1, 0.15) is 12.4 Å². The minimum absolute atomic E-state index is 0.0269. The van der Waals surface area contributed by atoms with Gasteiger partial charge in [0.05, 0.1) is 31.0 Å². The second-order valence-electron chi connectivity index (χ2n) is 6.71. The average molecular weight is 337 g/mol. The zero-order valence-electron chi connectivity index (χ0n) is 14.5. The molecule has 2 fully saturated rings. The van der Waals surface area contributed by atoms with E-state index < -0.39 is 0 Å². The molecule has 1 saturated carbocycles. The summed E-state index contributed by atoms with van der Waals surface area (Å²) < 4.78 is 13.5. The summed E-state index contributed by atoms with van der Waals surface area (Å²) in [6.07, 6.45) is 7.06. The van der Waals surface area contributed by atoms with Gasteiger partial charge < -0.3 is 24.0 Å². The summed E-state index contributed by atoms with van der Waals surface area (Å²) >= 11 is 0. The first-order valence-corrected chi connectivity index (χ1v) is 8.64. The number of fused-ring (bicyclic) bond motifs is 1. The number of ether oxygens (including phenoxy) is 2. The second kappa shape index (κ2) is 7.21. The molecule has 3 atom stereocenters. The molecule has 0 unspecified atom stereocenters. The molecule has 24 heavy (non-hydrogen) atoms. The maximum Gasteiger partial charge on any atom is 0.242 e. The Hall–Kier alpha value is -1.44. The SMILES string of the molecule is CO[C@@]12CC[C@H](OCCO)C[C@@H]1N(C(=O)Cn1ccnc1C)CC2. The van der Waals surface area contributed by atoms with Crippen LogP contribution in [0, 0.1) is 6.92 Å². The normalized spacial score (nSPS) is 29.7. The number of carbonyl (C=O) groups is 1. The summed E-state index contributed by atoms with van der Waals surface area (Å²) in [4.78, 5) is 19.0. The molecule has 0 spiro atoms. The van der Waals surface area contributed by atoms with Crippen LogP contribution in [-0.2, 0) is 20.8 Å². The van der Waals surface area contributed by atoms with E-state index in [1.54, 1.807) is 13.3 Å². The Balaban J connectivity index is 1.71. The van der Waals surface area contributed by atoms with E-state index in [1.807, 2.05) is 22.6 Å². The van der Waals surface area contributed by atoms with E-state index in [9.17, 15) is 4.79 Å². The molecule has 2 heterocycles. The third-order valence-electron chi connectivity index (χ3n) is 5.54. The van der Waals surface area contributed by atoms with Crippen LogP contribution >= 0.6 is 0 Å². The fourth-order valence-electron chi connectivity index (χ4n) is 4.14. The van der Waals surface area contributed by atoms with Gasteiger partial charge in [0.25, 0.3) is 0 Å². The number of aryl methyl sites for hydroxylation is 1. The predicted molar refractivity (Wildman–Crippen MR) is 87.5 cm³/mol. The zero-order chi connectivity index (χ0) is 17.2. The van der Waals surface area contributed by atoms with Crippen molar-refractivity contribution in [3.05, 3.63) is 18.2 Å². The number of hydrogen-bond donors (Lipinski definition) is 1. The molecule has 1 saturated heterocycles. The number of rotatable bonds is 6. The van der Waals surface area contributed by atoms with Crippen molar-refractivity contribution in [2.45, 2.75) is 56.9 Å². The van der Waals surface area contributed by atoms with Crippen molar-refractivity contribution in [3.8, 4) is 0 Å². The van der Waals surface area contributed by atoms with Crippen molar-refractivity contribution >= 4 is 5.91 Å². The van der Waals surface area contributed by atoms with Crippen molar-refractivity contribution in [1.82, 2.24) is 14.5 Å². The maximum atomic E-state index is 12.8. The molecule has 134 valence electrons. The van der Waals surface area contributed by atoms with Crippen LogP contribution in [0.15, 0.2) is 12.4 Å². The van der Waals surface area contributed by atoms with E-state index in [4.69, 9.17) is 14.6 Å². The van der Waals surface area contributed by atoms with Crippen molar-refractivity contribution in [2.24, 2.45) is 0 Å². The van der Waals surface area contributed by atoms with Gasteiger partial charge in [-0.1, -0.05) is 0 Å². The van der Waals surface area contributed by atoms with Gasteiger partial charge in [0.15, 0.2) is 0 Å². The Morgan fingerprint density at radius 3 is 3.00 bits per heavy atom. The monoisotopic (exact) mass is 337 g/mol. The number of imidazole rings is 1. The van der Waals surface area contributed by atoms with Gasteiger partial charge in [-0.25, -0.2) is 4.98 Å². The van der Waals surface area contributed by atoms with Gasteiger partial charge in [-0.15, -0.1) is 0 Å². The van der Waals surface area contributed by atoms with Gasteiger partial charge in [-0.2, -0.15) is 0 Å². The van der Waals surface area contributed by atoms with Crippen molar-refractivity contribution in [1.29, 1.82) is 0 Å². The topological polar surface area (TPSA) is 76.8 Å². The summed E-state index contributed by atoms with van der Waals surface area (Å²) in [5, 5.41) is 8.97. The predicted octanol–water partition coefficient (Wildman–Crippen LogP) is 0.739. The fraction of sp³-hybridized carbons (Fsp3) is 0.765. The molecule has 1 N–H and O–H groups in total. The Bertz CT molecular complexity index is 576. The van der Waals surface area contributed by atoms with Crippen LogP contribution in [0.25, 0.3) is 0 Å². The quantitative estimate of drug-likeness (QED) is 0.828. The smallest absolute Gasteiger partial charge is 0.242 e. The first-order valence-electron chi connectivity index (χ1n) is 8.64. The molecule has 1 aliphatic heterocycles. The number of aliphatic hydroxyl groups excluding tert-OH is 1. The zero-order valence-corrected chi connectivity index (χ0v) is 14.5. The third kappa shape index (κ3) is 3.20. The lowest BCUT2D eigenvalue weighted by atomic mass is 9.79. The number of likely N-dealkylation sites (tertiary alicyclic amines) is 1. The highest BCUT2D eigenvalue weighted by molar-refractivity contribution is 5.77. The van der Waals surface area contributed by atoms with Crippen LogP contribution in [0.4, 0.5) is 0 Å². The molecule has 3 rings (SSSR count). The van der Waals surface area contributed by atoms with E-state index in [0.29, 0.717) is 13.2 Å². The molecule has 1 aromatic rings. The minimum atomic E-state index is -0.251. The molecule has 0 radical (unpaired) electrons. The molecule has 2 aliphatic rings. The Morgan fingerprint density at radius 1 is 1.50 bits per heavy atom. The van der Waals surface area contributed by atoms with E-state index in [-0.39, 0.29) is 30.3 Å². The lowest BCUT2D eigenvalue weighted by Crippen LogP contribution is -2.53. The molecular weight excluding hydrogens is 310 g/mol.